The highest BCUT2D eigenvalue weighted by Crippen LogP contribution is 2.28. The van der Waals surface area contributed by atoms with Crippen LogP contribution in [0.5, 0.6) is 5.75 Å². The van der Waals surface area contributed by atoms with Gasteiger partial charge in [0.15, 0.2) is 0 Å². The maximum Gasteiger partial charge on any atom is 0.118 e. The molecule has 1 aliphatic rings. The molecule has 0 aromatic heterocycles. The van der Waals surface area contributed by atoms with E-state index in [2.05, 4.69) is 55.3 Å². The van der Waals surface area contributed by atoms with Crippen molar-refractivity contribution >= 4 is 0 Å². The molecule has 3 heteroatoms. The van der Waals surface area contributed by atoms with Crippen LogP contribution in [0.15, 0.2) is 24.3 Å². The van der Waals surface area contributed by atoms with Gasteiger partial charge in [-0.15, -0.1) is 0 Å². The van der Waals surface area contributed by atoms with Crippen molar-refractivity contribution in [2.45, 2.75) is 58.2 Å². The summed E-state index contributed by atoms with van der Waals surface area (Å²) < 4.78 is 5.27. The summed E-state index contributed by atoms with van der Waals surface area (Å²) in [6.07, 6.45) is 3.76. The second kappa shape index (κ2) is 7.81. The van der Waals surface area contributed by atoms with Gasteiger partial charge in [0.05, 0.1) is 7.11 Å². The molecule has 1 aromatic carbocycles. The van der Waals surface area contributed by atoms with Crippen LogP contribution in [0, 0.1) is 0 Å². The van der Waals surface area contributed by atoms with Gasteiger partial charge in [0.25, 0.3) is 0 Å². The van der Waals surface area contributed by atoms with Crippen LogP contribution in [-0.2, 0) is 0 Å². The molecule has 21 heavy (non-hydrogen) atoms. The van der Waals surface area contributed by atoms with E-state index < -0.39 is 0 Å². The van der Waals surface area contributed by atoms with E-state index in [9.17, 15) is 0 Å². The summed E-state index contributed by atoms with van der Waals surface area (Å²) in [6.45, 7) is 9.22. The maximum atomic E-state index is 5.27. The van der Waals surface area contributed by atoms with Crippen molar-refractivity contribution in [1.82, 2.24) is 10.2 Å². The summed E-state index contributed by atoms with van der Waals surface area (Å²) in [6, 6.07) is 10.3. The SMILES string of the molecule is CCC(c1ccc(OC)cc1)N(CC1CCCN1)C(C)C. The van der Waals surface area contributed by atoms with E-state index >= 15 is 0 Å². The number of rotatable bonds is 7. The van der Waals surface area contributed by atoms with E-state index in [1.807, 2.05) is 0 Å². The number of methoxy groups -OCH3 is 1. The Labute approximate surface area is 129 Å². The topological polar surface area (TPSA) is 24.5 Å². The summed E-state index contributed by atoms with van der Waals surface area (Å²) >= 11 is 0. The Morgan fingerprint density at radius 2 is 2.00 bits per heavy atom. The van der Waals surface area contributed by atoms with E-state index in [0.717, 1.165) is 18.7 Å². The lowest BCUT2D eigenvalue weighted by atomic mass is 10.00. The predicted molar refractivity (Wildman–Crippen MR) is 88.9 cm³/mol. The number of benzene rings is 1. The number of hydrogen-bond donors (Lipinski definition) is 1. The van der Waals surface area contributed by atoms with Crippen LogP contribution >= 0.6 is 0 Å². The third-order valence-electron chi connectivity index (χ3n) is 4.54. The van der Waals surface area contributed by atoms with E-state index in [0.29, 0.717) is 18.1 Å². The predicted octanol–water partition coefficient (Wildman–Crippen LogP) is 3.61. The average Bonchev–Trinajstić information content (AvgIpc) is 3.00. The van der Waals surface area contributed by atoms with E-state index in [1.165, 1.54) is 24.9 Å². The van der Waals surface area contributed by atoms with Crippen molar-refractivity contribution < 1.29 is 4.74 Å². The van der Waals surface area contributed by atoms with Gasteiger partial charge in [-0.1, -0.05) is 19.1 Å². The zero-order chi connectivity index (χ0) is 15.2. The van der Waals surface area contributed by atoms with Gasteiger partial charge in [0, 0.05) is 24.7 Å². The Balaban J connectivity index is 2.13. The summed E-state index contributed by atoms with van der Waals surface area (Å²) in [5.41, 5.74) is 1.39. The Hall–Kier alpha value is -1.06. The lowest BCUT2D eigenvalue weighted by Gasteiger charge is -2.36. The fraction of sp³-hybridized carbons (Fsp3) is 0.667. The minimum absolute atomic E-state index is 0.485. The van der Waals surface area contributed by atoms with Crippen molar-refractivity contribution in [2.24, 2.45) is 0 Å². The molecule has 0 aliphatic carbocycles. The molecule has 1 fully saturated rings. The first kappa shape index (κ1) is 16.3. The molecule has 1 N–H and O–H groups in total. The molecular formula is C18H30N2O. The van der Waals surface area contributed by atoms with Crippen LogP contribution in [0.4, 0.5) is 0 Å². The maximum absolute atomic E-state index is 5.27. The minimum Gasteiger partial charge on any atom is -0.497 e. The van der Waals surface area contributed by atoms with Crippen LogP contribution in [-0.4, -0.2) is 37.2 Å². The van der Waals surface area contributed by atoms with Gasteiger partial charge in [-0.25, -0.2) is 0 Å². The fourth-order valence-corrected chi connectivity index (χ4v) is 3.35. The molecule has 2 rings (SSSR count). The molecule has 0 amide bonds. The Morgan fingerprint density at radius 1 is 1.29 bits per heavy atom. The van der Waals surface area contributed by atoms with Gasteiger partial charge < -0.3 is 10.1 Å². The van der Waals surface area contributed by atoms with Crippen molar-refractivity contribution in [3.8, 4) is 5.75 Å². The average molecular weight is 290 g/mol. The molecule has 118 valence electrons. The van der Waals surface area contributed by atoms with Gasteiger partial charge in [-0.3, -0.25) is 4.90 Å². The monoisotopic (exact) mass is 290 g/mol. The van der Waals surface area contributed by atoms with Crippen molar-refractivity contribution in [3.63, 3.8) is 0 Å². The van der Waals surface area contributed by atoms with Gasteiger partial charge in [-0.2, -0.15) is 0 Å². The molecule has 1 aromatic rings. The van der Waals surface area contributed by atoms with E-state index in [4.69, 9.17) is 4.74 Å². The summed E-state index contributed by atoms with van der Waals surface area (Å²) in [7, 11) is 1.72. The highest BCUT2D eigenvalue weighted by Gasteiger charge is 2.25. The standard InChI is InChI=1S/C18H30N2O/c1-5-18(15-8-10-17(21-4)11-9-15)20(14(2)3)13-16-7-6-12-19-16/h8-11,14,16,18-19H,5-7,12-13H2,1-4H3. The van der Waals surface area contributed by atoms with Gasteiger partial charge >= 0.3 is 0 Å². The van der Waals surface area contributed by atoms with Gasteiger partial charge in [0.2, 0.25) is 0 Å². The molecule has 1 heterocycles. The number of nitrogens with one attached hydrogen (secondary N) is 1. The first-order chi connectivity index (χ1) is 10.2. The van der Waals surface area contributed by atoms with Crippen molar-refractivity contribution in [2.75, 3.05) is 20.2 Å². The number of hydrogen-bond acceptors (Lipinski definition) is 3. The summed E-state index contributed by atoms with van der Waals surface area (Å²) in [5.74, 6) is 0.933. The zero-order valence-corrected chi connectivity index (χ0v) is 13.9. The Kier molecular flexibility index (Phi) is 6.07. The molecular weight excluding hydrogens is 260 g/mol. The van der Waals surface area contributed by atoms with Crippen LogP contribution < -0.4 is 10.1 Å². The lowest BCUT2D eigenvalue weighted by Crippen LogP contribution is -2.43. The summed E-state index contributed by atoms with van der Waals surface area (Å²) in [5, 5.41) is 3.63. The Morgan fingerprint density at radius 3 is 2.48 bits per heavy atom. The molecule has 0 spiro atoms. The molecule has 0 saturated carbocycles. The smallest absolute Gasteiger partial charge is 0.118 e. The second-order valence-corrected chi connectivity index (χ2v) is 6.28. The first-order valence-electron chi connectivity index (χ1n) is 8.28. The van der Waals surface area contributed by atoms with Crippen LogP contribution in [0.3, 0.4) is 0 Å². The molecule has 3 nitrogen and oxygen atoms in total. The van der Waals surface area contributed by atoms with Crippen LogP contribution in [0.25, 0.3) is 0 Å². The van der Waals surface area contributed by atoms with Crippen molar-refractivity contribution in [1.29, 1.82) is 0 Å². The molecule has 2 atom stereocenters. The number of ether oxygens (including phenoxy) is 1. The largest absolute Gasteiger partial charge is 0.497 e. The Bertz CT molecular complexity index is 410. The second-order valence-electron chi connectivity index (χ2n) is 6.28. The number of nitrogens with zero attached hydrogens (tertiary/aromatic N) is 1. The highest BCUT2D eigenvalue weighted by molar-refractivity contribution is 5.29. The molecule has 0 bridgehead atoms. The summed E-state index contributed by atoms with van der Waals surface area (Å²) in [4.78, 5) is 2.64. The normalized spacial score (nSPS) is 20.2. The van der Waals surface area contributed by atoms with E-state index in [1.54, 1.807) is 7.11 Å². The quantitative estimate of drug-likeness (QED) is 0.830. The van der Waals surface area contributed by atoms with E-state index in [-0.39, 0.29) is 0 Å². The first-order valence-corrected chi connectivity index (χ1v) is 8.28. The van der Waals surface area contributed by atoms with Gasteiger partial charge in [-0.05, 0) is 57.4 Å². The fourth-order valence-electron chi connectivity index (χ4n) is 3.35. The zero-order valence-electron chi connectivity index (χ0n) is 13.9. The molecule has 0 radical (unpaired) electrons. The third-order valence-corrected chi connectivity index (χ3v) is 4.54. The molecule has 2 unspecified atom stereocenters. The minimum atomic E-state index is 0.485. The third kappa shape index (κ3) is 4.21. The van der Waals surface area contributed by atoms with Crippen molar-refractivity contribution in [3.05, 3.63) is 29.8 Å². The van der Waals surface area contributed by atoms with Crippen LogP contribution in [0.2, 0.25) is 0 Å². The molecule has 1 aliphatic heterocycles. The van der Waals surface area contributed by atoms with Gasteiger partial charge in [0.1, 0.15) is 5.75 Å². The highest BCUT2D eigenvalue weighted by atomic mass is 16.5. The van der Waals surface area contributed by atoms with Crippen LogP contribution in [0.1, 0.15) is 51.6 Å². The lowest BCUT2D eigenvalue weighted by molar-refractivity contribution is 0.135. The molecule has 1 saturated heterocycles.